The average molecular weight is 486 g/mol. The fourth-order valence-electron chi connectivity index (χ4n) is 3.81. The van der Waals surface area contributed by atoms with Crippen molar-refractivity contribution in [3.05, 3.63) is 92.9 Å². The summed E-state index contributed by atoms with van der Waals surface area (Å²) in [5, 5.41) is 5.80. The van der Waals surface area contributed by atoms with Gasteiger partial charge in [0, 0.05) is 17.3 Å². The topological polar surface area (TPSA) is 71.0 Å². The van der Waals surface area contributed by atoms with Crippen LogP contribution in [-0.2, 0) is 20.9 Å². The molecule has 2 aromatic rings. The van der Waals surface area contributed by atoms with Crippen LogP contribution in [0.2, 0.25) is 5.02 Å². The number of carbonyl (C=O) groups excluding carboxylic acids is 2. The van der Waals surface area contributed by atoms with Gasteiger partial charge in [-0.1, -0.05) is 53.7 Å². The lowest BCUT2D eigenvalue weighted by Crippen LogP contribution is -2.38. The van der Waals surface area contributed by atoms with Crippen molar-refractivity contribution in [1.82, 2.24) is 10.2 Å². The lowest BCUT2D eigenvalue weighted by molar-refractivity contribution is -0.136. The summed E-state index contributed by atoms with van der Waals surface area (Å²) >= 11 is 7.89. The Hall–Kier alpha value is -3.10. The first kappa shape index (κ1) is 23.1. The van der Waals surface area contributed by atoms with Crippen LogP contribution in [0.5, 0.6) is 0 Å². The molecule has 0 fully saturated rings. The number of nitrogens with one attached hydrogen (secondary N) is 1. The molecule has 0 saturated carbocycles. The predicted octanol–water partition coefficient (Wildman–Crippen LogP) is 4.93. The first-order chi connectivity index (χ1) is 15.9. The van der Waals surface area contributed by atoms with Gasteiger partial charge >= 0.3 is 5.97 Å². The monoisotopic (exact) mass is 485 g/mol. The summed E-state index contributed by atoms with van der Waals surface area (Å²) in [5.41, 5.74) is 2.95. The van der Waals surface area contributed by atoms with E-state index in [1.807, 2.05) is 28.5 Å². The maximum atomic E-state index is 13.4. The lowest BCUT2D eigenvalue weighted by Gasteiger charge is -2.36. The molecule has 0 saturated heterocycles. The molecule has 2 aliphatic heterocycles. The van der Waals surface area contributed by atoms with Crippen LogP contribution < -0.4 is 5.32 Å². The molecule has 1 unspecified atom stereocenters. The molecule has 170 valence electrons. The quantitative estimate of drug-likeness (QED) is 0.587. The van der Waals surface area contributed by atoms with Gasteiger partial charge in [0.2, 0.25) is 5.91 Å². The van der Waals surface area contributed by atoms with Gasteiger partial charge in [-0.25, -0.2) is 14.2 Å². The first-order valence-corrected chi connectivity index (χ1v) is 11.4. The Balaban J connectivity index is 1.60. The molecule has 2 aliphatic rings. The number of rotatable bonds is 6. The Morgan fingerprint density at radius 3 is 2.76 bits per heavy atom. The van der Waals surface area contributed by atoms with E-state index in [0.717, 1.165) is 0 Å². The van der Waals surface area contributed by atoms with Gasteiger partial charge in [0.25, 0.3) is 0 Å². The third-order valence-corrected chi connectivity index (χ3v) is 6.56. The Labute approximate surface area is 200 Å². The van der Waals surface area contributed by atoms with Crippen LogP contribution in [-0.4, -0.2) is 29.1 Å². The number of halogens is 2. The van der Waals surface area contributed by atoms with Crippen molar-refractivity contribution in [2.45, 2.75) is 25.9 Å². The van der Waals surface area contributed by atoms with E-state index in [-0.39, 0.29) is 24.7 Å². The zero-order valence-electron chi connectivity index (χ0n) is 18.0. The second-order valence-corrected chi connectivity index (χ2v) is 8.73. The molecule has 6 nitrogen and oxygen atoms in total. The van der Waals surface area contributed by atoms with Gasteiger partial charge in [-0.05, 0) is 41.7 Å². The molecule has 33 heavy (non-hydrogen) atoms. The Bertz CT molecular complexity index is 1210. The molecule has 0 aromatic heterocycles. The number of amidine groups is 1. The summed E-state index contributed by atoms with van der Waals surface area (Å²) in [6.07, 6.45) is 0.0514. The Morgan fingerprint density at radius 1 is 1.24 bits per heavy atom. The zero-order valence-corrected chi connectivity index (χ0v) is 19.5. The van der Waals surface area contributed by atoms with E-state index in [9.17, 15) is 14.0 Å². The summed E-state index contributed by atoms with van der Waals surface area (Å²) in [6.45, 7) is 1.96. The summed E-state index contributed by atoms with van der Waals surface area (Å²) in [6, 6.07) is 12.7. The third-order valence-electron chi connectivity index (χ3n) is 5.33. The van der Waals surface area contributed by atoms with E-state index in [0.29, 0.717) is 38.3 Å². The van der Waals surface area contributed by atoms with Gasteiger partial charge in [-0.15, -0.1) is 0 Å². The molecule has 2 heterocycles. The van der Waals surface area contributed by atoms with Crippen molar-refractivity contribution < 1.29 is 18.7 Å². The minimum absolute atomic E-state index is 0.0514. The van der Waals surface area contributed by atoms with Crippen molar-refractivity contribution in [2.75, 3.05) is 7.11 Å². The van der Waals surface area contributed by atoms with E-state index in [1.54, 1.807) is 25.1 Å². The second-order valence-electron chi connectivity index (χ2n) is 7.49. The molecule has 2 aromatic carbocycles. The number of allylic oxidation sites excluding steroid dienone is 1. The summed E-state index contributed by atoms with van der Waals surface area (Å²) in [7, 11) is 1.32. The standard InChI is InChI=1S/C24H21ClFN3O3S/c1-14-21(23(31)32-2)22(18-8-3-4-9-19(18)25)29-17(13-33-24(29)28-14)11-20(30)27-12-15-6-5-7-16(26)10-15/h3-10,13,22H,11-12H2,1-2H3,(H,27,30). The van der Waals surface area contributed by atoms with Gasteiger partial charge in [0.1, 0.15) is 5.82 Å². The van der Waals surface area contributed by atoms with Gasteiger partial charge in [-0.2, -0.15) is 0 Å². The number of benzene rings is 2. The summed E-state index contributed by atoms with van der Waals surface area (Å²) < 4.78 is 18.4. The van der Waals surface area contributed by atoms with Crippen molar-refractivity contribution in [2.24, 2.45) is 4.99 Å². The van der Waals surface area contributed by atoms with Crippen molar-refractivity contribution in [1.29, 1.82) is 0 Å². The normalized spacial score (nSPS) is 17.3. The van der Waals surface area contributed by atoms with E-state index in [2.05, 4.69) is 10.3 Å². The van der Waals surface area contributed by atoms with Crippen LogP contribution >= 0.6 is 23.4 Å². The minimum atomic E-state index is -0.587. The summed E-state index contributed by atoms with van der Waals surface area (Å²) in [5.74, 6) is -1.10. The van der Waals surface area contributed by atoms with Gasteiger partial charge in [0.15, 0.2) is 5.17 Å². The van der Waals surface area contributed by atoms with Crippen LogP contribution in [0.3, 0.4) is 0 Å². The number of hydrogen-bond donors (Lipinski definition) is 1. The number of nitrogens with zero attached hydrogens (tertiary/aromatic N) is 2. The number of amides is 1. The maximum absolute atomic E-state index is 13.4. The summed E-state index contributed by atoms with van der Waals surface area (Å²) in [4.78, 5) is 31.9. The third kappa shape index (κ3) is 4.82. The number of fused-ring (bicyclic) bond motifs is 1. The van der Waals surface area contributed by atoms with E-state index in [4.69, 9.17) is 16.3 Å². The van der Waals surface area contributed by atoms with Crippen LogP contribution in [0.4, 0.5) is 4.39 Å². The van der Waals surface area contributed by atoms with E-state index >= 15 is 0 Å². The van der Waals surface area contributed by atoms with Crippen molar-refractivity contribution >= 4 is 40.4 Å². The number of methoxy groups -OCH3 is 1. The molecule has 1 N–H and O–H groups in total. The highest BCUT2D eigenvalue weighted by Crippen LogP contribution is 2.46. The average Bonchev–Trinajstić information content (AvgIpc) is 3.18. The molecule has 1 atom stereocenters. The maximum Gasteiger partial charge on any atom is 0.338 e. The molecule has 0 spiro atoms. The minimum Gasteiger partial charge on any atom is -0.466 e. The second kappa shape index (κ2) is 9.80. The number of esters is 1. The highest BCUT2D eigenvalue weighted by molar-refractivity contribution is 8.16. The number of hydrogen-bond acceptors (Lipinski definition) is 6. The van der Waals surface area contributed by atoms with Crippen molar-refractivity contribution in [3.8, 4) is 0 Å². The predicted molar refractivity (Wildman–Crippen MR) is 127 cm³/mol. The molecule has 0 radical (unpaired) electrons. The smallest absolute Gasteiger partial charge is 0.338 e. The lowest BCUT2D eigenvalue weighted by atomic mass is 9.94. The highest BCUT2D eigenvalue weighted by atomic mass is 35.5. The van der Waals surface area contributed by atoms with E-state index in [1.165, 1.54) is 31.0 Å². The SMILES string of the molecule is COC(=O)C1=C(C)N=C2SC=C(CC(=O)NCc3cccc(F)c3)N2C1c1ccccc1Cl. The van der Waals surface area contributed by atoms with Gasteiger partial charge in [-0.3, -0.25) is 4.79 Å². The molecule has 9 heteroatoms. The molecule has 4 rings (SSSR count). The Kier molecular flexibility index (Phi) is 6.85. The van der Waals surface area contributed by atoms with Gasteiger partial charge in [0.05, 0.1) is 30.8 Å². The first-order valence-electron chi connectivity index (χ1n) is 10.2. The van der Waals surface area contributed by atoms with Crippen LogP contribution in [0.25, 0.3) is 0 Å². The molecule has 0 aliphatic carbocycles. The van der Waals surface area contributed by atoms with Crippen LogP contribution in [0.15, 0.2) is 75.9 Å². The molecular formula is C24H21ClFN3O3S. The zero-order chi connectivity index (χ0) is 23.5. The van der Waals surface area contributed by atoms with Crippen LogP contribution in [0, 0.1) is 5.82 Å². The largest absolute Gasteiger partial charge is 0.466 e. The highest BCUT2D eigenvalue weighted by Gasteiger charge is 2.41. The molecule has 1 amide bonds. The Morgan fingerprint density at radius 2 is 2.03 bits per heavy atom. The number of carbonyl (C=O) groups is 2. The number of aliphatic imine (C=N–C) groups is 1. The molecular weight excluding hydrogens is 465 g/mol. The van der Waals surface area contributed by atoms with Gasteiger partial charge < -0.3 is 15.0 Å². The number of ether oxygens (including phenoxy) is 1. The molecule has 0 bridgehead atoms. The fraction of sp³-hybridized carbons (Fsp3) is 0.208. The van der Waals surface area contributed by atoms with Crippen LogP contribution in [0.1, 0.15) is 30.5 Å². The number of thioether (sulfide) groups is 1. The van der Waals surface area contributed by atoms with E-state index < -0.39 is 12.0 Å². The van der Waals surface area contributed by atoms with Crippen molar-refractivity contribution in [3.63, 3.8) is 0 Å². The fourth-order valence-corrected chi connectivity index (χ4v) is 5.01.